The van der Waals surface area contributed by atoms with E-state index in [1.54, 1.807) is 0 Å². The average Bonchev–Trinajstić information content (AvgIpc) is 2.33. The maximum atomic E-state index is 5.93. The van der Waals surface area contributed by atoms with E-state index in [-0.39, 0.29) is 0 Å². The van der Waals surface area contributed by atoms with Gasteiger partial charge >= 0.3 is 0 Å². The second-order valence-electron chi connectivity index (χ2n) is 5.00. The molecule has 3 nitrogen and oxygen atoms in total. The monoisotopic (exact) mass is 345 g/mol. The molecule has 1 aromatic heterocycles. The maximum Gasteiger partial charge on any atom is 0.128 e. The Kier molecular flexibility index (Phi) is 4.62. The summed E-state index contributed by atoms with van der Waals surface area (Å²) in [7, 11) is 2.13. The standard InChI is InChI=1S/C13H20IN3/c1-17(13-7-4-11(14)8-16-13)9-10-2-5-12(15)6-3-10/h4,7-8,10,12H,2-3,5-6,9,15H2,1H3/t10-,12-. The van der Waals surface area contributed by atoms with Crippen LogP contribution >= 0.6 is 22.6 Å². The summed E-state index contributed by atoms with van der Waals surface area (Å²) >= 11 is 2.28. The molecule has 0 amide bonds. The number of hydrogen-bond acceptors (Lipinski definition) is 3. The van der Waals surface area contributed by atoms with Crippen molar-refractivity contribution in [2.24, 2.45) is 11.7 Å². The first-order valence-electron chi connectivity index (χ1n) is 6.23. The van der Waals surface area contributed by atoms with Gasteiger partial charge in [-0.15, -0.1) is 0 Å². The number of rotatable bonds is 3. The van der Waals surface area contributed by atoms with E-state index in [1.165, 1.54) is 29.3 Å². The van der Waals surface area contributed by atoms with Gasteiger partial charge in [-0.1, -0.05) is 0 Å². The zero-order valence-electron chi connectivity index (χ0n) is 10.3. The van der Waals surface area contributed by atoms with Gasteiger partial charge in [0.05, 0.1) is 0 Å². The van der Waals surface area contributed by atoms with E-state index in [2.05, 4.69) is 51.7 Å². The van der Waals surface area contributed by atoms with Crippen LogP contribution in [-0.2, 0) is 0 Å². The summed E-state index contributed by atoms with van der Waals surface area (Å²) in [5, 5.41) is 0. The predicted octanol–water partition coefficient (Wildman–Crippen LogP) is 2.64. The van der Waals surface area contributed by atoms with Gasteiger partial charge < -0.3 is 10.6 Å². The molecule has 0 bridgehead atoms. The summed E-state index contributed by atoms with van der Waals surface area (Å²) < 4.78 is 1.18. The van der Waals surface area contributed by atoms with Gasteiger partial charge in [0.1, 0.15) is 5.82 Å². The Morgan fingerprint density at radius 3 is 2.65 bits per heavy atom. The molecule has 4 heteroatoms. The molecule has 1 aromatic rings. The summed E-state index contributed by atoms with van der Waals surface area (Å²) in [4.78, 5) is 6.71. The fraction of sp³-hybridized carbons (Fsp3) is 0.615. The Hall–Kier alpha value is -0.360. The fourth-order valence-corrected chi connectivity index (χ4v) is 2.76. The fourth-order valence-electron chi connectivity index (χ4n) is 2.45. The molecule has 0 saturated heterocycles. The van der Waals surface area contributed by atoms with Gasteiger partial charge in [-0.05, 0) is 66.3 Å². The molecular weight excluding hydrogens is 325 g/mol. The number of nitrogens with zero attached hydrogens (tertiary/aromatic N) is 2. The minimum absolute atomic E-state index is 0.438. The first kappa shape index (κ1) is 13.1. The van der Waals surface area contributed by atoms with Gasteiger partial charge in [-0.2, -0.15) is 0 Å². The third-order valence-corrected chi connectivity index (χ3v) is 4.16. The summed E-state index contributed by atoms with van der Waals surface area (Å²) in [5.41, 5.74) is 5.93. The number of aromatic nitrogens is 1. The van der Waals surface area contributed by atoms with Crippen LogP contribution < -0.4 is 10.6 Å². The molecule has 1 aliphatic carbocycles. The topological polar surface area (TPSA) is 42.1 Å². The first-order chi connectivity index (χ1) is 8.15. The Morgan fingerprint density at radius 1 is 1.35 bits per heavy atom. The van der Waals surface area contributed by atoms with Gasteiger partial charge in [-0.3, -0.25) is 0 Å². The van der Waals surface area contributed by atoms with Crippen molar-refractivity contribution in [2.75, 3.05) is 18.5 Å². The third-order valence-electron chi connectivity index (χ3n) is 3.53. The molecule has 1 aliphatic rings. The minimum atomic E-state index is 0.438. The highest BCUT2D eigenvalue weighted by molar-refractivity contribution is 14.1. The van der Waals surface area contributed by atoms with Crippen molar-refractivity contribution in [3.8, 4) is 0 Å². The normalized spacial score (nSPS) is 24.6. The highest BCUT2D eigenvalue weighted by Gasteiger charge is 2.20. The minimum Gasteiger partial charge on any atom is -0.359 e. The molecular formula is C13H20IN3. The largest absolute Gasteiger partial charge is 0.359 e. The highest BCUT2D eigenvalue weighted by Crippen LogP contribution is 2.25. The Balaban J connectivity index is 1.88. The van der Waals surface area contributed by atoms with E-state index in [4.69, 9.17) is 5.73 Å². The summed E-state index contributed by atoms with van der Waals surface area (Å²) in [6.07, 6.45) is 6.80. The van der Waals surface area contributed by atoms with Crippen LogP contribution in [0.5, 0.6) is 0 Å². The van der Waals surface area contributed by atoms with Crippen LogP contribution in [0.15, 0.2) is 18.3 Å². The second kappa shape index (κ2) is 6.00. The van der Waals surface area contributed by atoms with E-state index in [1.807, 2.05) is 6.20 Å². The predicted molar refractivity (Wildman–Crippen MR) is 80.2 cm³/mol. The van der Waals surface area contributed by atoms with Crippen molar-refractivity contribution in [1.29, 1.82) is 0 Å². The first-order valence-corrected chi connectivity index (χ1v) is 7.31. The molecule has 2 rings (SSSR count). The van der Waals surface area contributed by atoms with Crippen molar-refractivity contribution < 1.29 is 0 Å². The van der Waals surface area contributed by atoms with Gasteiger partial charge in [0.25, 0.3) is 0 Å². The van der Waals surface area contributed by atoms with Gasteiger partial charge in [0.15, 0.2) is 0 Å². The SMILES string of the molecule is CN(C[C@H]1CC[C@H](N)CC1)c1ccc(I)cn1. The molecule has 94 valence electrons. The highest BCUT2D eigenvalue weighted by atomic mass is 127. The van der Waals surface area contributed by atoms with Crippen LogP contribution in [0.2, 0.25) is 0 Å². The van der Waals surface area contributed by atoms with Crippen molar-refractivity contribution in [1.82, 2.24) is 4.98 Å². The molecule has 1 saturated carbocycles. The summed E-state index contributed by atoms with van der Waals surface area (Å²) in [5.74, 6) is 1.85. The maximum absolute atomic E-state index is 5.93. The number of anilines is 1. The lowest BCUT2D eigenvalue weighted by molar-refractivity contribution is 0.329. The Bertz CT molecular complexity index is 344. The van der Waals surface area contributed by atoms with Crippen LogP contribution in [-0.4, -0.2) is 24.6 Å². The third kappa shape index (κ3) is 3.81. The van der Waals surface area contributed by atoms with Gasteiger partial charge in [0, 0.05) is 29.4 Å². The summed E-state index contributed by atoms with van der Waals surface area (Å²) in [6.45, 7) is 1.10. The van der Waals surface area contributed by atoms with Crippen LogP contribution in [0.3, 0.4) is 0 Å². The van der Waals surface area contributed by atoms with E-state index in [9.17, 15) is 0 Å². The van der Waals surface area contributed by atoms with Crippen LogP contribution in [0.1, 0.15) is 25.7 Å². The van der Waals surface area contributed by atoms with Crippen LogP contribution in [0, 0.1) is 9.49 Å². The molecule has 0 unspecified atom stereocenters. The smallest absolute Gasteiger partial charge is 0.128 e. The molecule has 0 aromatic carbocycles. The number of halogens is 1. The van der Waals surface area contributed by atoms with Crippen molar-refractivity contribution in [3.05, 3.63) is 21.9 Å². The number of nitrogens with two attached hydrogens (primary N) is 1. The molecule has 1 fully saturated rings. The van der Waals surface area contributed by atoms with E-state index in [0.29, 0.717) is 6.04 Å². The average molecular weight is 345 g/mol. The lowest BCUT2D eigenvalue weighted by Gasteiger charge is -2.30. The molecule has 2 N–H and O–H groups in total. The van der Waals surface area contributed by atoms with Gasteiger partial charge in [-0.25, -0.2) is 4.98 Å². The van der Waals surface area contributed by atoms with E-state index in [0.717, 1.165) is 18.3 Å². The van der Waals surface area contributed by atoms with Gasteiger partial charge in [0.2, 0.25) is 0 Å². The number of pyridine rings is 1. The zero-order chi connectivity index (χ0) is 12.3. The van der Waals surface area contributed by atoms with E-state index >= 15 is 0 Å². The molecule has 0 spiro atoms. The van der Waals surface area contributed by atoms with Crippen molar-refractivity contribution in [3.63, 3.8) is 0 Å². The molecule has 17 heavy (non-hydrogen) atoms. The lowest BCUT2D eigenvalue weighted by atomic mass is 9.86. The quantitative estimate of drug-likeness (QED) is 0.857. The van der Waals surface area contributed by atoms with E-state index < -0.39 is 0 Å². The molecule has 1 heterocycles. The van der Waals surface area contributed by atoms with Crippen LogP contribution in [0.4, 0.5) is 5.82 Å². The second-order valence-corrected chi connectivity index (χ2v) is 6.24. The molecule has 0 atom stereocenters. The summed E-state index contributed by atoms with van der Waals surface area (Å²) in [6, 6.07) is 4.64. The Labute approximate surface area is 117 Å². The Morgan fingerprint density at radius 2 is 2.06 bits per heavy atom. The lowest BCUT2D eigenvalue weighted by Crippen LogP contribution is -2.32. The van der Waals surface area contributed by atoms with Crippen LogP contribution in [0.25, 0.3) is 0 Å². The van der Waals surface area contributed by atoms with Crippen molar-refractivity contribution >= 4 is 28.4 Å². The number of hydrogen-bond donors (Lipinski definition) is 1. The van der Waals surface area contributed by atoms with Crippen molar-refractivity contribution in [2.45, 2.75) is 31.7 Å². The molecule has 0 radical (unpaired) electrons. The zero-order valence-corrected chi connectivity index (χ0v) is 12.4. The molecule has 0 aliphatic heterocycles.